The van der Waals surface area contributed by atoms with Crippen molar-refractivity contribution in [1.29, 1.82) is 0 Å². The summed E-state index contributed by atoms with van der Waals surface area (Å²) in [6.07, 6.45) is 0.0758. The second kappa shape index (κ2) is 10.4. The van der Waals surface area contributed by atoms with Crippen molar-refractivity contribution >= 4 is 29.1 Å². The molecule has 0 radical (unpaired) electrons. The number of esters is 1. The maximum Gasteiger partial charge on any atom is 0.309 e. The van der Waals surface area contributed by atoms with Crippen molar-refractivity contribution in [2.24, 2.45) is 0 Å². The molecule has 0 spiro atoms. The van der Waals surface area contributed by atoms with Crippen molar-refractivity contribution in [2.45, 2.75) is 12.5 Å². The Hall–Kier alpha value is -4.59. The van der Waals surface area contributed by atoms with Crippen LogP contribution in [0, 0.1) is 0 Å². The molecule has 36 heavy (non-hydrogen) atoms. The van der Waals surface area contributed by atoms with Crippen LogP contribution in [0.1, 0.15) is 22.7 Å². The predicted molar refractivity (Wildman–Crippen MR) is 133 cm³/mol. The summed E-state index contributed by atoms with van der Waals surface area (Å²) in [5.74, 6) is -1.15. The minimum absolute atomic E-state index is 0.0444. The quantitative estimate of drug-likeness (QED) is 0.232. The third-order valence-corrected chi connectivity index (χ3v) is 6.01. The molecule has 1 heterocycles. The maximum atomic E-state index is 13.3. The van der Waals surface area contributed by atoms with Gasteiger partial charge in [-0.2, -0.15) is 0 Å². The van der Waals surface area contributed by atoms with Crippen molar-refractivity contribution in [3.05, 3.63) is 95.1 Å². The highest BCUT2D eigenvalue weighted by molar-refractivity contribution is 6.51. The average molecular weight is 488 g/mol. The Balaban J connectivity index is 1.85. The Morgan fingerprint density at radius 1 is 0.889 bits per heavy atom. The lowest BCUT2D eigenvalue weighted by molar-refractivity contribution is -0.139. The number of ether oxygens (including phenoxy) is 3. The summed E-state index contributed by atoms with van der Waals surface area (Å²) in [7, 11) is 4.36. The number of methoxy groups -OCH3 is 3. The van der Waals surface area contributed by atoms with E-state index in [9.17, 15) is 19.5 Å². The molecule has 0 saturated carbocycles. The summed E-state index contributed by atoms with van der Waals surface area (Å²) >= 11 is 0. The van der Waals surface area contributed by atoms with Crippen molar-refractivity contribution in [2.75, 3.05) is 26.2 Å². The molecular weight excluding hydrogens is 462 g/mol. The first-order valence-electron chi connectivity index (χ1n) is 11.1. The van der Waals surface area contributed by atoms with Gasteiger partial charge in [-0.3, -0.25) is 19.3 Å². The van der Waals surface area contributed by atoms with Crippen molar-refractivity contribution in [3.8, 4) is 11.5 Å². The standard InChI is InChI=1S/C28H25NO7/c1-34-21-13-9-18(10-14-21)26(31)24-25(19-5-4-6-22(16-19)35-2)29(28(33)27(24)32)20-11-7-17(8-12-20)15-23(30)36-3/h4-14,16,25,31H,15H2,1-3H3/b26-24-. The number of ketones is 1. The smallest absolute Gasteiger partial charge is 0.309 e. The van der Waals surface area contributed by atoms with E-state index in [1.54, 1.807) is 72.8 Å². The average Bonchev–Trinajstić information content (AvgIpc) is 3.18. The minimum Gasteiger partial charge on any atom is -0.507 e. The zero-order valence-corrected chi connectivity index (χ0v) is 20.1. The molecule has 1 aliphatic heterocycles. The number of amides is 1. The molecule has 3 aromatic rings. The zero-order chi connectivity index (χ0) is 25.8. The van der Waals surface area contributed by atoms with E-state index < -0.39 is 17.7 Å². The van der Waals surface area contributed by atoms with Crippen LogP contribution in [-0.4, -0.2) is 44.1 Å². The number of aliphatic hydroxyl groups is 1. The highest BCUT2D eigenvalue weighted by Gasteiger charge is 2.47. The van der Waals surface area contributed by atoms with Crippen molar-refractivity contribution in [1.82, 2.24) is 0 Å². The van der Waals surface area contributed by atoms with Crippen LogP contribution >= 0.6 is 0 Å². The first kappa shape index (κ1) is 24.5. The highest BCUT2D eigenvalue weighted by Crippen LogP contribution is 2.43. The Morgan fingerprint density at radius 3 is 2.17 bits per heavy atom. The number of hydrogen-bond acceptors (Lipinski definition) is 7. The van der Waals surface area contributed by atoms with Crippen molar-refractivity contribution < 1.29 is 33.7 Å². The van der Waals surface area contributed by atoms with E-state index in [-0.39, 0.29) is 23.7 Å². The molecule has 0 bridgehead atoms. The third kappa shape index (κ3) is 4.65. The number of aliphatic hydroxyl groups excluding tert-OH is 1. The number of hydrogen-bond donors (Lipinski definition) is 1. The van der Waals surface area contributed by atoms with Gasteiger partial charge in [-0.1, -0.05) is 24.3 Å². The van der Waals surface area contributed by atoms with E-state index in [1.165, 1.54) is 26.2 Å². The van der Waals surface area contributed by atoms with Gasteiger partial charge in [0.05, 0.1) is 39.4 Å². The number of anilines is 1. The Labute approximate surface area is 208 Å². The largest absolute Gasteiger partial charge is 0.507 e. The Morgan fingerprint density at radius 2 is 1.56 bits per heavy atom. The monoisotopic (exact) mass is 487 g/mol. The third-order valence-electron chi connectivity index (χ3n) is 6.01. The van der Waals surface area contributed by atoms with Crippen molar-refractivity contribution in [3.63, 3.8) is 0 Å². The number of rotatable bonds is 7. The van der Waals surface area contributed by atoms with Gasteiger partial charge in [0.2, 0.25) is 0 Å². The van der Waals surface area contributed by atoms with Gasteiger partial charge in [-0.15, -0.1) is 0 Å². The first-order valence-corrected chi connectivity index (χ1v) is 11.1. The van der Waals surface area contributed by atoms with Gasteiger partial charge >= 0.3 is 5.97 Å². The Bertz CT molecular complexity index is 1330. The minimum atomic E-state index is -0.909. The number of carbonyl (C=O) groups is 3. The van der Waals surface area contributed by atoms with Crippen LogP contribution < -0.4 is 14.4 Å². The number of nitrogens with zero attached hydrogens (tertiary/aromatic N) is 1. The van der Waals surface area contributed by atoms with Crippen LogP contribution in [-0.2, 0) is 25.5 Å². The molecule has 1 aliphatic rings. The van der Waals surface area contributed by atoms with E-state index >= 15 is 0 Å². The first-order chi connectivity index (χ1) is 17.4. The lowest BCUT2D eigenvalue weighted by Crippen LogP contribution is -2.29. The van der Waals surface area contributed by atoms with Gasteiger partial charge in [0.15, 0.2) is 0 Å². The molecule has 1 atom stereocenters. The molecule has 1 N–H and O–H groups in total. The molecule has 3 aromatic carbocycles. The maximum absolute atomic E-state index is 13.3. The van der Waals surface area contributed by atoms with Crippen LogP contribution in [0.25, 0.3) is 5.76 Å². The number of benzene rings is 3. The van der Waals surface area contributed by atoms with Crippen LogP contribution in [0.4, 0.5) is 5.69 Å². The molecule has 1 unspecified atom stereocenters. The zero-order valence-electron chi connectivity index (χ0n) is 20.1. The predicted octanol–water partition coefficient (Wildman–Crippen LogP) is 4.05. The molecule has 0 aliphatic carbocycles. The van der Waals surface area contributed by atoms with E-state index in [0.29, 0.717) is 33.9 Å². The number of carbonyl (C=O) groups excluding carboxylic acids is 3. The van der Waals surface area contributed by atoms with Gasteiger partial charge in [0, 0.05) is 11.3 Å². The van der Waals surface area contributed by atoms with E-state index in [1.807, 2.05) is 0 Å². The fraction of sp³-hybridized carbons (Fsp3) is 0.179. The van der Waals surface area contributed by atoms with Crippen LogP contribution in [0.2, 0.25) is 0 Å². The fourth-order valence-corrected chi connectivity index (χ4v) is 4.14. The van der Waals surface area contributed by atoms with E-state index in [4.69, 9.17) is 14.2 Å². The van der Waals surface area contributed by atoms with Crippen LogP contribution in [0.5, 0.6) is 11.5 Å². The SMILES string of the molecule is COC(=O)Cc1ccc(N2C(=O)C(=O)/C(=C(\O)c3ccc(OC)cc3)C2c2cccc(OC)c2)cc1. The molecule has 1 fully saturated rings. The molecule has 0 aromatic heterocycles. The summed E-state index contributed by atoms with van der Waals surface area (Å²) in [5.41, 5.74) is 2.04. The van der Waals surface area contributed by atoms with E-state index in [0.717, 1.165) is 0 Å². The van der Waals surface area contributed by atoms with Gasteiger partial charge in [0.1, 0.15) is 17.3 Å². The summed E-state index contributed by atoms with van der Waals surface area (Å²) in [5, 5.41) is 11.2. The highest BCUT2D eigenvalue weighted by atomic mass is 16.5. The second-order valence-corrected chi connectivity index (χ2v) is 8.09. The van der Waals surface area contributed by atoms with Gasteiger partial charge in [0.25, 0.3) is 11.7 Å². The van der Waals surface area contributed by atoms with E-state index in [2.05, 4.69) is 0 Å². The topological polar surface area (TPSA) is 102 Å². The van der Waals surface area contributed by atoms with Gasteiger partial charge in [-0.25, -0.2) is 0 Å². The summed E-state index contributed by atoms with van der Waals surface area (Å²) in [6.45, 7) is 0. The van der Waals surface area contributed by atoms with Crippen LogP contribution in [0.3, 0.4) is 0 Å². The normalized spacial score (nSPS) is 16.6. The summed E-state index contributed by atoms with van der Waals surface area (Å²) in [4.78, 5) is 39.6. The molecule has 1 amide bonds. The lowest BCUT2D eigenvalue weighted by atomic mass is 9.95. The summed E-state index contributed by atoms with van der Waals surface area (Å²) in [6, 6.07) is 19.3. The van der Waals surface area contributed by atoms with Gasteiger partial charge < -0.3 is 19.3 Å². The molecule has 4 rings (SSSR count). The Kier molecular flexibility index (Phi) is 7.05. The summed E-state index contributed by atoms with van der Waals surface area (Å²) < 4.78 is 15.2. The molecule has 8 heteroatoms. The molecular formula is C28H25NO7. The molecule has 1 saturated heterocycles. The lowest BCUT2D eigenvalue weighted by Gasteiger charge is -2.26. The fourth-order valence-electron chi connectivity index (χ4n) is 4.14. The van der Waals surface area contributed by atoms with Gasteiger partial charge in [-0.05, 0) is 59.7 Å². The number of Topliss-reactive ketones (excluding diaryl/α,β-unsaturated/α-hetero) is 1. The molecule has 184 valence electrons. The van der Waals surface area contributed by atoms with Crippen LogP contribution in [0.15, 0.2) is 78.4 Å². The molecule has 8 nitrogen and oxygen atoms in total. The second-order valence-electron chi connectivity index (χ2n) is 8.09.